The fourth-order valence-corrected chi connectivity index (χ4v) is 3.61. The summed E-state index contributed by atoms with van der Waals surface area (Å²) in [5.41, 5.74) is 4.54. The number of rotatable bonds is 5. The van der Waals surface area contributed by atoms with Gasteiger partial charge in [-0.15, -0.1) is 0 Å². The quantitative estimate of drug-likeness (QED) is 0.469. The number of hydrogen-bond acceptors (Lipinski definition) is 5. The van der Waals surface area contributed by atoms with E-state index in [1.165, 1.54) is 11.1 Å². The largest absolute Gasteiger partial charge is 0.488 e. The smallest absolute Gasteiger partial charge is 0.282 e. The molecule has 0 saturated carbocycles. The van der Waals surface area contributed by atoms with E-state index in [0.717, 1.165) is 5.56 Å². The van der Waals surface area contributed by atoms with Crippen LogP contribution >= 0.6 is 11.6 Å². The van der Waals surface area contributed by atoms with E-state index in [4.69, 9.17) is 25.8 Å². The van der Waals surface area contributed by atoms with Crippen LogP contribution in [0.4, 0.5) is 5.69 Å². The highest BCUT2D eigenvalue weighted by Gasteiger charge is 2.34. The average Bonchev–Trinajstić information content (AvgIpc) is 3.38. The van der Waals surface area contributed by atoms with Gasteiger partial charge < -0.3 is 14.2 Å². The van der Waals surface area contributed by atoms with E-state index >= 15 is 0 Å². The predicted molar refractivity (Wildman–Crippen MR) is 118 cm³/mol. The lowest BCUT2D eigenvalue weighted by molar-refractivity contribution is -0.117. The lowest BCUT2D eigenvalue weighted by Crippen LogP contribution is -2.35. The molecule has 2 amide bonds. The number of nitrogens with zero attached hydrogens (tertiary/aromatic N) is 1. The summed E-state index contributed by atoms with van der Waals surface area (Å²) in [5.74, 6) is 0.889. The van der Waals surface area contributed by atoms with Gasteiger partial charge in [0, 0.05) is 10.6 Å². The molecular weight excluding hydrogens is 432 g/mol. The first-order valence-electron chi connectivity index (χ1n) is 9.81. The first kappa shape index (κ1) is 20.0. The van der Waals surface area contributed by atoms with Gasteiger partial charge in [-0.2, -0.15) is 0 Å². The molecule has 3 aromatic rings. The van der Waals surface area contributed by atoms with Gasteiger partial charge in [-0.3, -0.25) is 15.0 Å². The third-order valence-electron chi connectivity index (χ3n) is 5.01. The maximum Gasteiger partial charge on any atom is 0.282 e. The zero-order valence-electron chi connectivity index (χ0n) is 16.7. The normalized spacial score (nSPS) is 15.9. The number of carbonyl (C=O) groups is 2. The minimum atomic E-state index is -0.499. The molecule has 0 bridgehead atoms. The van der Waals surface area contributed by atoms with Crippen LogP contribution in [0.3, 0.4) is 0 Å². The van der Waals surface area contributed by atoms with E-state index in [1.54, 1.807) is 42.5 Å². The number of amides is 2. The Morgan fingerprint density at radius 3 is 2.66 bits per heavy atom. The van der Waals surface area contributed by atoms with Crippen molar-refractivity contribution in [3.05, 3.63) is 88.5 Å². The predicted octanol–water partition coefficient (Wildman–Crippen LogP) is 4.11. The number of para-hydroxylation sites is 1. The van der Waals surface area contributed by atoms with Crippen LogP contribution in [0, 0.1) is 0 Å². The summed E-state index contributed by atoms with van der Waals surface area (Å²) in [6.45, 7) is 0.454. The number of anilines is 1. The van der Waals surface area contributed by atoms with E-state index in [9.17, 15) is 9.59 Å². The molecule has 0 radical (unpaired) electrons. The number of fused-ring (bicyclic) bond motifs is 1. The molecule has 1 fully saturated rings. The number of hydrogen-bond donors (Lipinski definition) is 1. The first-order chi connectivity index (χ1) is 15.6. The van der Waals surface area contributed by atoms with E-state index < -0.39 is 11.8 Å². The van der Waals surface area contributed by atoms with Crippen LogP contribution in [0.5, 0.6) is 17.2 Å². The van der Waals surface area contributed by atoms with Crippen molar-refractivity contribution in [2.75, 3.05) is 11.8 Å². The zero-order chi connectivity index (χ0) is 22.1. The van der Waals surface area contributed by atoms with Gasteiger partial charge in [-0.1, -0.05) is 35.9 Å². The molecule has 2 aliphatic rings. The third kappa shape index (κ3) is 3.86. The second kappa shape index (κ2) is 8.28. The van der Waals surface area contributed by atoms with E-state index in [2.05, 4.69) is 5.43 Å². The highest BCUT2D eigenvalue weighted by molar-refractivity contribution is 6.32. The van der Waals surface area contributed by atoms with Crippen molar-refractivity contribution >= 4 is 35.2 Å². The highest BCUT2D eigenvalue weighted by Crippen LogP contribution is 2.33. The first-order valence-corrected chi connectivity index (χ1v) is 10.2. The molecule has 32 heavy (non-hydrogen) atoms. The zero-order valence-corrected chi connectivity index (χ0v) is 17.5. The van der Waals surface area contributed by atoms with Gasteiger partial charge >= 0.3 is 0 Å². The van der Waals surface area contributed by atoms with Crippen LogP contribution < -0.4 is 24.6 Å². The lowest BCUT2D eigenvalue weighted by atomic mass is 10.1. The van der Waals surface area contributed by atoms with Gasteiger partial charge in [0.15, 0.2) is 11.5 Å². The number of hydrazine groups is 1. The molecular formula is C24H17ClN2O5. The van der Waals surface area contributed by atoms with Crippen LogP contribution in [-0.4, -0.2) is 18.6 Å². The minimum absolute atomic E-state index is 0.0101. The lowest BCUT2D eigenvalue weighted by Gasteiger charge is -2.14. The fraction of sp³-hybridized carbons (Fsp3) is 0.0833. The summed E-state index contributed by atoms with van der Waals surface area (Å²) in [4.78, 5) is 25.4. The molecule has 2 heterocycles. The van der Waals surface area contributed by atoms with Crippen LogP contribution in [0.15, 0.2) is 72.3 Å². The molecule has 1 N–H and O–H groups in total. The van der Waals surface area contributed by atoms with Crippen molar-refractivity contribution in [1.82, 2.24) is 5.43 Å². The maximum atomic E-state index is 12.9. The summed E-state index contributed by atoms with van der Waals surface area (Å²) >= 11 is 6.17. The van der Waals surface area contributed by atoms with Gasteiger partial charge in [0.25, 0.3) is 11.8 Å². The second-order valence-electron chi connectivity index (χ2n) is 7.13. The van der Waals surface area contributed by atoms with Crippen LogP contribution in [-0.2, 0) is 16.2 Å². The Morgan fingerprint density at radius 1 is 1.00 bits per heavy atom. The highest BCUT2D eigenvalue weighted by atomic mass is 35.5. The monoisotopic (exact) mass is 448 g/mol. The van der Waals surface area contributed by atoms with E-state index in [1.807, 2.05) is 24.3 Å². The van der Waals surface area contributed by atoms with Crippen molar-refractivity contribution in [3.63, 3.8) is 0 Å². The van der Waals surface area contributed by atoms with Crippen LogP contribution in [0.25, 0.3) is 6.08 Å². The van der Waals surface area contributed by atoms with Crippen molar-refractivity contribution in [3.8, 4) is 17.2 Å². The SMILES string of the molecule is O=C1NN(c2ccccc2)C(=O)/C1=C\c1cc(Cl)ccc1OCc1ccc2c(c1)OCO2. The second-order valence-corrected chi connectivity index (χ2v) is 7.57. The molecule has 160 valence electrons. The van der Waals surface area contributed by atoms with Crippen molar-refractivity contribution in [2.24, 2.45) is 0 Å². The summed E-state index contributed by atoms with van der Waals surface area (Å²) in [5, 5.41) is 1.67. The van der Waals surface area contributed by atoms with Gasteiger partial charge in [-0.25, -0.2) is 5.01 Å². The molecule has 7 nitrogen and oxygen atoms in total. The molecule has 8 heteroatoms. The van der Waals surface area contributed by atoms with Crippen molar-refractivity contribution in [2.45, 2.75) is 6.61 Å². The van der Waals surface area contributed by atoms with Crippen LogP contribution in [0.1, 0.15) is 11.1 Å². The Bertz CT molecular complexity index is 1240. The minimum Gasteiger partial charge on any atom is -0.488 e. The molecule has 5 rings (SSSR count). The average molecular weight is 449 g/mol. The Hall–Kier alpha value is -3.97. The van der Waals surface area contributed by atoms with Gasteiger partial charge in [0.1, 0.15) is 17.9 Å². The number of carbonyl (C=O) groups excluding carboxylic acids is 2. The molecule has 0 aromatic heterocycles. The summed E-state index contributed by atoms with van der Waals surface area (Å²) in [7, 11) is 0. The van der Waals surface area contributed by atoms with Gasteiger partial charge in [0.05, 0.1) is 5.69 Å². The van der Waals surface area contributed by atoms with Crippen molar-refractivity contribution in [1.29, 1.82) is 0 Å². The topological polar surface area (TPSA) is 77.1 Å². The Morgan fingerprint density at radius 2 is 1.81 bits per heavy atom. The summed E-state index contributed by atoms with van der Waals surface area (Å²) in [6.07, 6.45) is 1.49. The molecule has 0 unspecified atom stereocenters. The van der Waals surface area contributed by atoms with Gasteiger partial charge in [-0.05, 0) is 54.1 Å². The van der Waals surface area contributed by atoms with Crippen molar-refractivity contribution < 1.29 is 23.8 Å². The molecule has 0 spiro atoms. The maximum absolute atomic E-state index is 12.9. The number of benzene rings is 3. The molecule has 0 aliphatic carbocycles. The van der Waals surface area contributed by atoms with Crippen LogP contribution in [0.2, 0.25) is 5.02 Å². The van der Waals surface area contributed by atoms with E-state index in [0.29, 0.717) is 33.5 Å². The third-order valence-corrected chi connectivity index (χ3v) is 5.24. The van der Waals surface area contributed by atoms with Gasteiger partial charge in [0.2, 0.25) is 6.79 Å². The summed E-state index contributed by atoms with van der Waals surface area (Å²) < 4.78 is 16.7. The Kier molecular flexibility index (Phi) is 5.17. The number of ether oxygens (including phenoxy) is 3. The number of halogens is 1. The number of nitrogens with one attached hydrogen (secondary N) is 1. The Labute approximate surface area is 188 Å². The fourth-order valence-electron chi connectivity index (χ4n) is 3.43. The standard InChI is InChI=1S/C24H17ClN2O5/c25-17-7-9-20(30-13-15-6-8-21-22(10-15)32-14-31-21)16(11-17)12-19-23(28)26-27(24(19)29)18-4-2-1-3-5-18/h1-12H,13-14H2,(H,26,28)/b19-12-. The summed E-state index contributed by atoms with van der Waals surface area (Å²) in [6, 6.07) is 19.5. The molecule has 0 atom stereocenters. The molecule has 2 aliphatic heterocycles. The van der Waals surface area contributed by atoms with E-state index in [-0.39, 0.29) is 19.0 Å². The molecule has 1 saturated heterocycles. The Balaban J connectivity index is 1.40. The molecule has 3 aromatic carbocycles.